The smallest absolute Gasteiger partial charge is 0.408 e. The van der Waals surface area contributed by atoms with Crippen LogP contribution in [0.1, 0.15) is 0 Å². The van der Waals surface area contributed by atoms with Gasteiger partial charge in [-0.1, -0.05) is 0 Å². The van der Waals surface area contributed by atoms with Crippen LogP contribution in [0.5, 0.6) is 0 Å². The molecule has 1 heterocycles. The molecule has 18 heavy (non-hydrogen) atoms. The first kappa shape index (κ1) is 13.9. The van der Waals surface area contributed by atoms with Crippen LogP contribution < -0.4 is 10.6 Å². The fourth-order valence-electron chi connectivity index (χ4n) is 1.62. The molecule has 0 aromatic rings. The number of methoxy groups -OCH3 is 2. The third-order valence-electron chi connectivity index (χ3n) is 2.64. The van der Waals surface area contributed by atoms with Crippen LogP contribution in [0.4, 0.5) is 14.4 Å². The van der Waals surface area contributed by atoms with E-state index in [0.717, 1.165) is 0 Å². The van der Waals surface area contributed by atoms with Gasteiger partial charge in [0.05, 0.1) is 14.2 Å². The van der Waals surface area contributed by atoms with Crippen LogP contribution in [0.2, 0.25) is 0 Å². The minimum absolute atomic E-state index is 0.349. The number of ether oxygens (including phenoxy) is 2. The van der Waals surface area contributed by atoms with Gasteiger partial charge in [0.25, 0.3) is 0 Å². The van der Waals surface area contributed by atoms with Crippen molar-refractivity contribution in [1.82, 2.24) is 20.4 Å². The van der Waals surface area contributed by atoms with Crippen LogP contribution in [0, 0.1) is 0 Å². The van der Waals surface area contributed by atoms with Gasteiger partial charge in [0.15, 0.2) is 0 Å². The molecular weight excluding hydrogens is 244 g/mol. The molecule has 0 saturated carbocycles. The number of amides is 4. The average Bonchev–Trinajstić information content (AvgIpc) is 2.56. The monoisotopic (exact) mass is 260 g/mol. The second-order valence-electron chi connectivity index (χ2n) is 3.67. The van der Waals surface area contributed by atoms with E-state index < -0.39 is 24.5 Å². The van der Waals surface area contributed by atoms with Crippen molar-refractivity contribution in [3.05, 3.63) is 0 Å². The van der Waals surface area contributed by atoms with Gasteiger partial charge < -0.3 is 19.3 Å². The van der Waals surface area contributed by atoms with Crippen LogP contribution in [0.25, 0.3) is 0 Å². The number of likely N-dealkylation sites (N-methyl/N-ethyl adjacent to an activating group) is 2. The molecule has 2 N–H and O–H groups in total. The van der Waals surface area contributed by atoms with Gasteiger partial charge in [-0.15, -0.1) is 0 Å². The molecule has 9 heteroatoms. The summed E-state index contributed by atoms with van der Waals surface area (Å²) in [5.41, 5.74) is 0. The lowest BCUT2D eigenvalue weighted by molar-refractivity contribution is 0.133. The number of nitrogens with zero attached hydrogens (tertiary/aromatic N) is 2. The molecule has 0 spiro atoms. The van der Waals surface area contributed by atoms with Gasteiger partial charge in [-0.05, 0) is 0 Å². The van der Waals surface area contributed by atoms with Crippen molar-refractivity contribution < 1.29 is 23.9 Å². The van der Waals surface area contributed by atoms with Crippen molar-refractivity contribution in [2.24, 2.45) is 0 Å². The minimum Gasteiger partial charge on any atom is -0.453 e. The SMILES string of the molecule is COC(=O)N[C@@H]1[C@H](NC(=O)OC)N(C)C(=O)N1C. The highest BCUT2D eigenvalue weighted by Crippen LogP contribution is 2.16. The summed E-state index contributed by atoms with van der Waals surface area (Å²) in [6, 6.07) is -0.349. The molecule has 0 aromatic heterocycles. The lowest BCUT2D eigenvalue weighted by Crippen LogP contribution is -2.56. The second kappa shape index (κ2) is 5.43. The first-order chi connectivity index (χ1) is 8.42. The molecule has 0 aromatic carbocycles. The maximum absolute atomic E-state index is 11.7. The molecule has 1 fully saturated rings. The molecule has 2 atom stereocenters. The third kappa shape index (κ3) is 2.55. The van der Waals surface area contributed by atoms with Crippen LogP contribution in [0.15, 0.2) is 0 Å². The number of carbonyl (C=O) groups excluding carboxylic acids is 3. The van der Waals surface area contributed by atoms with Crippen molar-refractivity contribution in [2.75, 3.05) is 28.3 Å². The Kier molecular flexibility index (Phi) is 4.18. The van der Waals surface area contributed by atoms with E-state index in [1.807, 2.05) is 0 Å². The van der Waals surface area contributed by atoms with Gasteiger partial charge in [0.2, 0.25) is 0 Å². The zero-order valence-corrected chi connectivity index (χ0v) is 10.6. The molecule has 0 unspecified atom stereocenters. The van der Waals surface area contributed by atoms with E-state index >= 15 is 0 Å². The summed E-state index contributed by atoms with van der Waals surface area (Å²) in [4.78, 5) is 36.7. The Labute approximate surface area is 104 Å². The molecule has 1 aliphatic heterocycles. The van der Waals surface area contributed by atoms with E-state index in [9.17, 15) is 14.4 Å². The molecular formula is C9H16N4O5. The van der Waals surface area contributed by atoms with Gasteiger partial charge in [-0.25, -0.2) is 14.4 Å². The molecule has 102 valence electrons. The van der Waals surface area contributed by atoms with Gasteiger partial charge >= 0.3 is 18.2 Å². The lowest BCUT2D eigenvalue weighted by atomic mass is 10.3. The van der Waals surface area contributed by atoms with Crippen molar-refractivity contribution >= 4 is 18.2 Å². The second-order valence-corrected chi connectivity index (χ2v) is 3.67. The van der Waals surface area contributed by atoms with E-state index in [2.05, 4.69) is 20.1 Å². The predicted octanol–water partition coefficient (Wildman–Crippen LogP) is -0.652. The maximum Gasteiger partial charge on any atom is 0.408 e. The normalized spacial score (nSPS) is 22.8. The summed E-state index contributed by atoms with van der Waals surface area (Å²) in [5, 5.41) is 4.90. The maximum atomic E-state index is 11.7. The summed E-state index contributed by atoms with van der Waals surface area (Å²) >= 11 is 0. The van der Waals surface area contributed by atoms with E-state index in [0.29, 0.717) is 0 Å². The quantitative estimate of drug-likeness (QED) is 0.687. The van der Waals surface area contributed by atoms with Gasteiger partial charge in [-0.3, -0.25) is 10.6 Å². The zero-order chi connectivity index (χ0) is 13.9. The highest BCUT2D eigenvalue weighted by atomic mass is 16.5. The van der Waals surface area contributed by atoms with Gasteiger partial charge in [-0.2, -0.15) is 0 Å². The van der Waals surface area contributed by atoms with Gasteiger partial charge in [0.1, 0.15) is 12.3 Å². The van der Waals surface area contributed by atoms with Crippen LogP contribution in [-0.2, 0) is 9.47 Å². The molecule has 9 nitrogen and oxygen atoms in total. The highest BCUT2D eigenvalue weighted by Gasteiger charge is 2.44. The number of carbonyl (C=O) groups is 3. The highest BCUT2D eigenvalue weighted by molar-refractivity contribution is 5.80. The number of hydrogen-bond acceptors (Lipinski definition) is 5. The Morgan fingerprint density at radius 3 is 1.61 bits per heavy atom. The average molecular weight is 260 g/mol. The van der Waals surface area contributed by atoms with Gasteiger partial charge in [0, 0.05) is 14.1 Å². The van der Waals surface area contributed by atoms with E-state index in [1.54, 1.807) is 0 Å². The van der Waals surface area contributed by atoms with E-state index in [4.69, 9.17) is 0 Å². The molecule has 1 saturated heterocycles. The first-order valence-electron chi connectivity index (χ1n) is 5.11. The summed E-state index contributed by atoms with van der Waals surface area (Å²) in [5.74, 6) is 0. The van der Waals surface area contributed by atoms with Crippen LogP contribution in [-0.4, -0.2) is 68.7 Å². The Morgan fingerprint density at radius 2 is 1.33 bits per heavy atom. The minimum atomic E-state index is -0.742. The number of nitrogens with one attached hydrogen (secondary N) is 2. The standard InChI is InChI=1S/C9H16N4O5/c1-12-5(10-7(14)17-3)6(11-8(15)18-4)13(2)9(12)16/h5-6H,1-4H3,(H,10,14)(H,11,15)/t5-,6+. The lowest BCUT2D eigenvalue weighted by Gasteiger charge is -2.25. The fraction of sp³-hybridized carbons (Fsp3) is 0.667. The molecule has 4 amide bonds. The predicted molar refractivity (Wildman–Crippen MR) is 59.6 cm³/mol. The Bertz CT molecular complexity index is 329. The summed E-state index contributed by atoms with van der Waals surface area (Å²) < 4.78 is 8.92. The summed E-state index contributed by atoms with van der Waals surface area (Å²) in [7, 11) is 5.41. The van der Waals surface area contributed by atoms with E-state index in [1.165, 1.54) is 38.1 Å². The summed E-state index contributed by atoms with van der Waals surface area (Å²) in [6.07, 6.45) is -2.89. The molecule has 0 radical (unpaired) electrons. The largest absolute Gasteiger partial charge is 0.453 e. The zero-order valence-electron chi connectivity index (χ0n) is 10.6. The number of hydrogen-bond donors (Lipinski definition) is 2. The molecule has 0 bridgehead atoms. The first-order valence-corrected chi connectivity index (χ1v) is 5.11. The molecule has 1 rings (SSSR count). The topological polar surface area (TPSA) is 100 Å². The van der Waals surface area contributed by atoms with E-state index in [-0.39, 0.29) is 6.03 Å². The number of rotatable bonds is 2. The van der Waals surface area contributed by atoms with Crippen LogP contribution >= 0.6 is 0 Å². The molecule has 0 aliphatic carbocycles. The van der Waals surface area contributed by atoms with Crippen molar-refractivity contribution in [3.8, 4) is 0 Å². The summed E-state index contributed by atoms with van der Waals surface area (Å²) in [6.45, 7) is 0. The molecule has 1 aliphatic rings. The number of alkyl carbamates (subject to hydrolysis) is 2. The third-order valence-corrected chi connectivity index (χ3v) is 2.64. The Morgan fingerprint density at radius 1 is 1.00 bits per heavy atom. The fourth-order valence-corrected chi connectivity index (χ4v) is 1.62. The van der Waals surface area contributed by atoms with Crippen molar-refractivity contribution in [2.45, 2.75) is 12.3 Å². The van der Waals surface area contributed by atoms with Crippen LogP contribution in [0.3, 0.4) is 0 Å². The number of urea groups is 1. The van der Waals surface area contributed by atoms with Crippen molar-refractivity contribution in [1.29, 1.82) is 0 Å². The van der Waals surface area contributed by atoms with Crippen molar-refractivity contribution in [3.63, 3.8) is 0 Å². The Hall–Kier alpha value is -2.19. The Balaban J connectivity index is 2.84.